The van der Waals surface area contributed by atoms with Gasteiger partial charge in [0.2, 0.25) is 0 Å². The molecule has 25 heavy (non-hydrogen) atoms. The predicted octanol–water partition coefficient (Wildman–Crippen LogP) is 2.22. The molecule has 2 aliphatic rings. The van der Waals surface area contributed by atoms with Crippen molar-refractivity contribution in [1.29, 1.82) is 0 Å². The van der Waals surface area contributed by atoms with Gasteiger partial charge in [-0.25, -0.2) is 4.98 Å². The van der Waals surface area contributed by atoms with Crippen LogP contribution in [0.5, 0.6) is 5.75 Å². The molecule has 2 aromatic rings. The van der Waals surface area contributed by atoms with Gasteiger partial charge in [0.25, 0.3) is 5.91 Å². The number of nitrogens with one attached hydrogen (secondary N) is 1. The summed E-state index contributed by atoms with van der Waals surface area (Å²) in [6.07, 6.45) is 7.40. The van der Waals surface area contributed by atoms with Gasteiger partial charge in [0.15, 0.2) is 0 Å². The first-order valence-electron chi connectivity index (χ1n) is 8.93. The van der Waals surface area contributed by atoms with Gasteiger partial charge in [-0.15, -0.1) is 0 Å². The van der Waals surface area contributed by atoms with E-state index in [0.29, 0.717) is 18.1 Å². The molecule has 1 fully saturated rings. The van der Waals surface area contributed by atoms with Crippen molar-refractivity contribution >= 4 is 5.91 Å². The van der Waals surface area contributed by atoms with Crippen LogP contribution in [-0.4, -0.2) is 39.8 Å². The van der Waals surface area contributed by atoms with Gasteiger partial charge in [-0.2, -0.15) is 0 Å². The second kappa shape index (κ2) is 6.88. The number of imidazole rings is 1. The Hall–Kier alpha value is -2.34. The number of ether oxygens (including phenoxy) is 1. The SMILES string of the molecule is O=C(NC1CCC(CO)CC1)c1ccc2c(c1)-c1cncn1CCO2. The normalized spacial score (nSPS) is 22.3. The Morgan fingerprint density at radius 3 is 2.96 bits per heavy atom. The van der Waals surface area contributed by atoms with Crippen LogP contribution in [0.3, 0.4) is 0 Å². The Balaban J connectivity index is 1.52. The summed E-state index contributed by atoms with van der Waals surface area (Å²) in [6, 6.07) is 5.77. The van der Waals surface area contributed by atoms with Gasteiger partial charge in [-0.05, 0) is 49.8 Å². The zero-order chi connectivity index (χ0) is 17.2. The highest BCUT2D eigenvalue weighted by Crippen LogP contribution is 2.33. The number of hydrogen-bond acceptors (Lipinski definition) is 4. The summed E-state index contributed by atoms with van der Waals surface area (Å²) in [6.45, 7) is 1.59. The molecule has 0 atom stereocenters. The van der Waals surface area contributed by atoms with Crippen molar-refractivity contribution in [3.63, 3.8) is 0 Å². The van der Waals surface area contributed by atoms with Crippen molar-refractivity contribution in [2.75, 3.05) is 13.2 Å². The molecule has 1 saturated carbocycles. The number of aliphatic hydroxyl groups is 1. The molecule has 4 rings (SSSR count). The molecule has 1 aliphatic carbocycles. The molecule has 0 spiro atoms. The number of aromatic nitrogens is 2. The fourth-order valence-corrected chi connectivity index (χ4v) is 3.73. The lowest BCUT2D eigenvalue weighted by molar-refractivity contribution is 0.0914. The average Bonchev–Trinajstić information content (AvgIpc) is 3.04. The van der Waals surface area contributed by atoms with Crippen LogP contribution in [0, 0.1) is 5.92 Å². The van der Waals surface area contributed by atoms with E-state index in [-0.39, 0.29) is 18.6 Å². The number of carbonyl (C=O) groups excluding carboxylic acids is 1. The first-order chi connectivity index (χ1) is 12.2. The van der Waals surface area contributed by atoms with Crippen LogP contribution in [0.15, 0.2) is 30.7 Å². The van der Waals surface area contributed by atoms with Crippen molar-refractivity contribution < 1.29 is 14.6 Å². The van der Waals surface area contributed by atoms with E-state index < -0.39 is 0 Å². The number of hydrogen-bond donors (Lipinski definition) is 2. The monoisotopic (exact) mass is 341 g/mol. The van der Waals surface area contributed by atoms with E-state index in [1.54, 1.807) is 6.33 Å². The Kier molecular flexibility index (Phi) is 4.44. The van der Waals surface area contributed by atoms with Gasteiger partial charge < -0.3 is 19.7 Å². The molecule has 0 unspecified atom stereocenters. The number of aliphatic hydroxyl groups excluding tert-OH is 1. The van der Waals surface area contributed by atoms with Crippen LogP contribution < -0.4 is 10.1 Å². The lowest BCUT2D eigenvalue weighted by Crippen LogP contribution is -2.38. The summed E-state index contributed by atoms with van der Waals surface area (Å²) < 4.78 is 7.84. The summed E-state index contributed by atoms with van der Waals surface area (Å²) in [7, 11) is 0. The van der Waals surface area contributed by atoms with Crippen LogP contribution in [0.2, 0.25) is 0 Å². The van der Waals surface area contributed by atoms with E-state index in [4.69, 9.17) is 4.74 Å². The lowest BCUT2D eigenvalue weighted by atomic mass is 9.86. The van der Waals surface area contributed by atoms with Crippen LogP contribution in [0.4, 0.5) is 0 Å². The van der Waals surface area contributed by atoms with Crippen LogP contribution in [-0.2, 0) is 6.54 Å². The molecule has 0 bridgehead atoms. The zero-order valence-electron chi connectivity index (χ0n) is 14.1. The Morgan fingerprint density at radius 2 is 2.16 bits per heavy atom. The third-order valence-electron chi connectivity index (χ3n) is 5.26. The van der Waals surface area contributed by atoms with E-state index in [9.17, 15) is 9.90 Å². The van der Waals surface area contributed by atoms with Crippen molar-refractivity contribution in [3.8, 4) is 17.0 Å². The van der Waals surface area contributed by atoms with Crippen molar-refractivity contribution in [2.45, 2.75) is 38.3 Å². The molecule has 2 heterocycles. The smallest absolute Gasteiger partial charge is 0.251 e. The minimum absolute atomic E-state index is 0.0504. The first kappa shape index (κ1) is 16.1. The van der Waals surface area contributed by atoms with E-state index in [0.717, 1.165) is 49.2 Å². The summed E-state index contributed by atoms with van der Waals surface area (Å²) in [4.78, 5) is 16.9. The van der Waals surface area contributed by atoms with E-state index in [1.165, 1.54) is 0 Å². The van der Waals surface area contributed by atoms with Crippen LogP contribution in [0.1, 0.15) is 36.0 Å². The largest absolute Gasteiger partial charge is 0.491 e. The molecule has 1 aromatic heterocycles. The van der Waals surface area contributed by atoms with Crippen LogP contribution in [0.25, 0.3) is 11.3 Å². The second-order valence-electron chi connectivity index (χ2n) is 6.91. The second-order valence-corrected chi connectivity index (χ2v) is 6.91. The molecule has 6 nitrogen and oxygen atoms in total. The van der Waals surface area contributed by atoms with Gasteiger partial charge in [-0.3, -0.25) is 4.79 Å². The number of amides is 1. The highest BCUT2D eigenvalue weighted by molar-refractivity contribution is 5.96. The molecule has 0 saturated heterocycles. The third kappa shape index (κ3) is 3.26. The van der Waals surface area contributed by atoms with Gasteiger partial charge in [0.1, 0.15) is 12.4 Å². The minimum Gasteiger partial charge on any atom is -0.491 e. The molecule has 1 amide bonds. The zero-order valence-corrected chi connectivity index (χ0v) is 14.1. The number of fused-ring (bicyclic) bond motifs is 3. The van der Waals surface area contributed by atoms with Crippen molar-refractivity contribution in [2.24, 2.45) is 5.92 Å². The summed E-state index contributed by atoms with van der Waals surface area (Å²) in [5.74, 6) is 1.13. The van der Waals surface area contributed by atoms with Gasteiger partial charge in [0.05, 0.1) is 24.8 Å². The van der Waals surface area contributed by atoms with Crippen molar-refractivity contribution in [1.82, 2.24) is 14.9 Å². The van der Waals surface area contributed by atoms with E-state index >= 15 is 0 Å². The molecule has 132 valence electrons. The number of carbonyl (C=O) groups is 1. The van der Waals surface area contributed by atoms with Gasteiger partial charge in [0, 0.05) is 23.8 Å². The highest BCUT2D eigenvalue weighted by Gasteiger charge is 2.23. The molecule has 2 N–H and O–H groups in total. The van der Waals surface area contributed by atoms with Crippen LogP contribution >= 0.6 is 0 Å². The van der Waals surface area contributed by atoms with Gasteiger partial charge in [-0.1, -0.05) is 0 Å². The maximum Gasteiger partial charge on any atom is 0.251 e. The standard InChI is InChI=1S/C19H23N3O3/c23-11-13-1-4-15(5-2-13)21-19(24)14-3-6-18-16(9-14)17-10-20-12-22(17)7-8-25-18/h3,6,9-10,12-13,15,23H,1-2,4-5,7-8,11H2,(H,21,24). The third-order valence-corrected chi connectivity index (χ3v) is 5.26. The topological polar surface area (TPSA) is 76.4 Å². The average molecular weight is 341 g/mol. The molecular formula is C19H23N3O3. The van der Waals surface area contributed by atoms with Crippen molar-refractivity contribution in [3.05, 3.63) is 36.3 Å². The number of benzene rings is 1. The van der Waals surface area contributed by atoms with E-state index in [1.807, 2.05) is 29.0 Å². The fourth-order valence-electron chi connectivity index (χ4n) is 3.73. The molecule has 0 radical (unpaired) electrons. The Morgan fingerprint density at radius 1 is 1.32 bits per heavy atom. The molecule has 1 aliphatic heterocycles. The number of nitrogens with zero attached hydrogens (tertiary/aromatic N) is 2. The Labute approximate surface area is 146 Å². The lowest BCUT2D eigenvalue weighted by Gasteiger charge is -2.28. The Bertz CT molecular complexity index is 763. The highest BCUT2D eigenvalue weighted by atomic mass is 16.5. The van der Waals surface area contributed by atoms with Gasteiger partial charge >= 0.3 is 0 Å². The summed E-state index contributed by atoms with van der Waals surface area (Å²) in [5, 5.41) is 12.4. The molecule has 1 aromatic carbocycles. The summed E-state index contributed by atoms with van der Waals surface area (Å²) >= 11 is 0. The predicted molar refractivity (Wildman–Crippen MR) is 93.5 cm³/mol. The quantitative estimate of drug-likeness (QED) is 0.897. The molecule has 6 heteroatoms. The maximum absolute atomic E-state index is 12.7. The summed E-state index contributed by atoms with van der Waals surface area (Å²) in [5.41, 5.74) is 2.53. The maximum atomic E-state index is 12.7. The van der Waals surface area contributed by atoms with E-state index in [2.05, 4.69) is 10.3 Å². The molecular weight excluding hydrogens is 318 g/mol. The first-order valence-corrected chi connectivity index (χ1v) is 8.93. The minimum atomic E-state index is -0.0504. The number of rotatable bonds is 3. The fraction of sp³-hybridized carbons (Fsp3) is 0.474.